The van der Waals surface area contributed by atoms with Crippen LogP contribution in [0.2, 0.25) is 0 Å². The van der Waals surface area contributed by atoms with Crippen molar-refractivity contribution in [3.63, 3.8) is 0 Å². The third-order valence-corrected chi connectivity index (χ3v) is 4.47. The van der Waals surface area contributed by atoms with Gasteiger partial charge in [0.05, 0.1) is 15.1 Å². The van der Waals surface area contributed by atoms with Crippen LogP contribution in [0.1, 0.15) is 6.42 Å². The summed E-state index contributed by atoms with van der Waals surface area (Å²) in [4.78, 5) is 27.2. The fraction of sp³-hybridized carbons (Fsp3) is 0.400. The van der Waals surface area contributed by atoms with Gasteiger partial charge in [0.15, 0.2) is 0 Å². The van der Waals surface area contributed by atoms with Gasteiger partial charge in [-0.05, 0) is 15.9 Å². The summed E-state index contributed by atoms with van der Waals surface area (Å²) in [6.07, 6.45) is 1.09. The van der Waals surface area contributed by atoms with Crippen LogP contribution in [-0.4, -0.2) is 36.5 Å². The van der Waals surface area contributed by atoms with Crippen molar-refractivity contribution in [2.45, 2.75) is 6.42 Å². The number of carbonyl (C=O) groups is 1. The van der Waals surface area contributed by atoms with E-state index >= 15 is 0 Å². The molecule has 1 aromatic heterocycles. The fourth-order valence-corrected chi connectivity index (χ4v) is 3.58. The lowest BCUT2D eigenvalue weighted by atomic mass is 10.1. The summed E-state index contributed by atoms with van der Waals surface area (Å²) in [6, 6.07) is 1.24. The lowest BCUT2D eigenvalue weighted by molar-refractivity contribution is -0.385. The van der Waals surface area contributed by atoms with Gasteiger partial charge in [-0.1, -0.05) is 0 Å². The predicted octanol–water partition coefficient (Wildman–Crippen LogP) is 0.394. The van der Waals surface area contributed by atoms with E-state index in [0.717, 1.165) is 6.20 Å². The summed E-state index contributed by atoms with van der Waals surface area (Å²) < 4.78 is 22.4. The number of pyridine rings is 1. The molecule has 1 amide bonds. The smallest absolute Gasteiger partial charge is 0.288 e. The van der Waals surface area contributed by atoms with Crippen molar-refractivity contribution in [2.75, 3.05) is 17.2 Å². The number of amides is 1. The van der Waals surface area contributed by atoms with Crippen LogP contribution in [0.5, 0.6) is 0 Å². The summed E-state index contributed by atoms with van der Waals surface area (Å²) in [7, 11) is -3.66. The highest BCUT2D eigenvalue weighted by Gasteiger charge is 2.34. The van der Waals surface area contributed by atoms with E-state index in [1.54, 1.807) is 0 Å². The third kappa shape index (κ3) is 3.74. The van der Waals surface area contributed by atoms with Crippen LogP contribution in [-0.2, 0) is 14.8 Å². The number of hydrogen-bond acceptors (Lipinski definition) is 6. The quantitative estimate of drug-likeness (QED) is 0.594. The van der Waals surface area contributed by atoms with Gasteiger partial charge >= 0.3 is 0 Å². The Balaban J connectivity index is 2.23. The molecule has 2 N–H and O–H groups in total. The summed E-state index contributed by atoms with van der Waals surface area (Å²) in [6.45, 7) is 0.151. The van der Waals surface area contributed by atoms with E-state index in [2.05, 4.69) is 20.9 Å². The van der Waals surface area contributed by atoms with E-state index in [9.17, 15) is 23.3 Å². The minimum Gasteiger partial charge on any atom is -0.296 e. The van der Waals surface area contributed by atoms with E-state index < -0.39 is 20.9 Å². The number of hydrogen-bond donors (Lipinski definition) is 1. The van der Waals surface area contributed by atoms with E-state index in [0.29, 0.717) is 4.47 Å². The number of aromatic nitrogens is 1. The molecular weight excluding hydrogens is 368 g/mol. The number of sulfonamides is 1. The monoisotopic (exact) mass is 378 g/mol. The lowest BCUT2D eigenvalue weighted by Gasteiger charge is -2.16. The highest BCUT2D eigenvalue weighted by molar-refractivity contribution is 9.10. The van der Waals surface area contributed by atoms with Crippen LogP contribution in [0.3, 0.4) is 0 Å². The van der Waals surface area contributed by atoms with Crippen LogP contribution in [0.4, 0.5) is 11.5 Å². The Kier molecular flexibility index (Phi) is 4.25. The number of nitro groups is 1. The molecule has 1 aliphatic rings. The Hall–Kier alpha value is -1.59. The number of nitrogens with two attached hydrogens (primary N) is 1. The van der Waals surface area contributed by atoms with E-state index in [-0.39, 0.29) is 36.1 Å². The molecule has 21 heavy (non-hydrogen) atoms. The second-order valence-electron chi connectivity index (χ2n) is 4.66. The molecule has 11 heteroatoms. The van der Waals surface area contributed by atoms with Crippen LogP contribution in [0, 0.1) is 16.0 Å². The number of carbonyl (C=O) groups excluding carboxylic acids is 1. The molecule has 2 heterocycles. The molecule has 1 unspecified atom stereocenters. The maximum atomic E-state index is 11.9. The lowest BCUT2D eigenvalue weighted by Crippen LogP contribution is -2.28. The van der Waals surface area contributed by atoms with Crippen molar-refractivity contribution in [3.8, 4) is 0 Å². The predicted molar refractivity (Wildman–Crippen MR) is 77.0 cm³/mol. The average Bonchev–Trinajstić information content (AvgIpc) is 2.67. The molecule has 0 saturated carbocycles. The highest BCUT2D eigenvalue weighted by Crippen LogP contribution is 2.32. The van der Waals surface area contributed by atoms with Gasteiger partial charge in [0.1, 0.15) is 12.0 Å². The molecular formula is C10H11BrN4O5S. The maximum absolute atomic E-state index is 11.9. The zero-order valence-corrected chi connectivity index (χ0v) is 13.0. The van der Waals surface area contributed by atoms with Crippen molar-refractivity contribution in [1.82, 2.24) is 4.98 Å². The van der Waals surface area contributed by atoms with E-state index in [1.807, 2.05) is 0 Å². The zero-order valence-electron chi connectivity index (χ0n) is 10.6. The Bertz CT molecular complexity index is 707. The molecule has 1 aliphatic heterocycles. The van der Waals surface area contributed by atoms with E-state index in [4.69, 9.17) is 5.14 Å². The largest absolute Gasteiger partial charge is 0.296 e. The number of halogens is 1. The molecule has 2 rings (SSSR count). The van der Waals surface area contributed by atoms with Gasteiger partial charge in [-0.2, -0.15) is 0 Å². The Morgan fingerprint density at radius 1 is 1.57 bits per heavy atom. The van der Waals surface area contributed by atoms with Crippen molar-refractivity contribution >= 4 is 43.4 Å². The molecule has 1 saturated heterocycles. The number of rotatable bonds is 4. The fourth-order valence-electron chi connectivity index (χ4n) is 2.15. The SMILES string of the molecule is NS(=O)(=O)CC1CC(=O)N(c2ncc([N+](=O)[O-])cc2Br)C1. The summed E-state index contributed by atoms with van der Waals surface area (Å²) in [5, 5.41) is 15.6. The second-order valence-corrected chi connectivity index (χ2v) is 7.17. The summed E-state index contributed by atoms with van der Waals surface area (Å²) in [5.74, 6) is -0.788. The van der Waals surface area contributed by atoms with Gasteiger partial charge in [-0.15, -0.1) is 0 Å². The van der Waals surface area contributed by atoms with Gasteiger partial charge in [-0.3, -0.25) is 19.8 Å². The first-order chi connectivity index (χ1) is 9.67. The third-order valence-electron chi connectivity index (χ3n) is 2.95. The maximum Gasteiger partial charge on any atom is 0.288 e. The van der Waals surface area contributed by atoms with Gasteiger partial charge < -0.3 is 0 Å². The first-order valence-corrected chi connectivity index (χ1v) is 8.29. The molecule has 0 bridgehead atoms. The Morgan fingerprint density at radius 3 is 2.76 bits per heavy atom. The molecule has 1 fully saturated rings. The molecule has 0 radical (unpaired) electrons. The van der Waals surface area contributed by atoms with Gasteiger partial charge in [0.2, 0.25) is 15.9 Å². The minimum absolute atomic E-state index is 0.0432. The number of primary sulfonamides is 1. The first-order valence-electron chi connectivity index (χ1n) is 5.78. The molecule has 9 nitrogen and oxygen atoms in total. The minimum atomic E-state index is -3.66. The Labute approximate surface area is 128 Å². The van der Waals surface area contributed by atoms with Crippen LogP contribution < -0.4 is 10.0 Å². The first kappa shape index (κ1) is 15.8. The average molecular weight is 379 g/mol. The van der Waals surface area contributed by atoms with Crippen molar-refractivity contribution in [2.24, 2.45) is 11.1 Å². The summed E-state index contributed by atoms with van der Waals surface area (Å²) >= 11 is 3.13. The normalized spacial score (nSPS) is 19.0. The number of nitrogens with zero attached hydrogens (tertiary/aromatic N) is 3. The van der Waals surface area contributed by atoms with Gasteiger partial charge in [0, 0.05) is 24.9 Å². The molecule has 1 atom stereocenters. The van der Waals surface area contributed by atoms with E-state index in [1.165, 1.54) is 11.0 Å². The molecule has 1 aromatic rings. The van der Waals surface area contributed by atoms with Gasteiger partial charge in [0.25, 0.3) is 5.69 Å². The molecule has 114 valence electrons. The molecule has 0 aliphatic carbocycles. The van der Waals surface area contributed by atoms with Crippen molar-refractivity contribution < 1.29 is 18.1 Å². The van der Waals surface area contributed by atoms with Crippen LogP contribution in [0.15, 0.2) is 16.7 Å². The summed E-state index contributed by atoms with van der Waals surface area (Å²) in [5.41, 5.74) is -0.210. The highest BCUT2D eigenvalue weighted by atomic mass is 79.9. The Morgan fingerprint density at radius 2 is 2.24 bits per heavy atom. The molecule has 0 aromatic carbocycles. The zero-order chi connectivity index (χ0) is 15.8. The topological polar surface area (TPSA) is 136 Å². The van der Waals surface area contributed by atoms with Gasteiger partial charge in [-0.25, -0.2) is 18.5 Å². The van der Waals surface area contributed by atoms with Crippen molar-refractivity contribution in [1.29, 1.82) is 0 Å². The van der Waals surface area contributed by atoms with Crippen LogP contribution >= 0.6 is 15.9 Å². The number of anilines is 1. The van der Waals surface area contributed by atoms with Crippen LogP contribution in [0.25, 0.3) is 0 Å². The van der Waals surface area contributed by atoms with Crippen molar-refractivity contribution in [3.05, 3.63) is 26.9 Å². The molecule has 0 spiro atoms. The second kappa shape index (κ2) is 5.66. The standard InChI is InChI=1S/C10H11BrN4O5S/c11-8-2-7(15(17)18)3-13-10(8)14-4-6(1-9(14)16)5-21(12,19)20/h2-3,6H,1,4-5H2,(H2,12,19,20).